The molecule has 0 aliphatic carbocycles. The van der Waals surface area contributed by atoms with Crippen molar-refractivity contribution >= 4 is 0 Å². The lowest BCUT2D eigenvalue weighted by atomic mass is 9.97. The molecule has 0 spiro atoms. The van der Waals surface area contributed by atoms with E-state index in [0.717, 1.165) is 49.7 Å². The average molecular weight is 497 g/mol. The standard InChI is InChI=1S/C28H40N4O4/c1-22-25(29)26(34-20-23-14-8-6-9-15-23)27(35-21-24-16-10-7-11-17-24)28(36-22)33-19-13-5-3-2-4-12-18-31-32-30/h6-11,14-17,22,25-28H,2-5,12-13,18-21,29H2,1H3/t22-,25+,26+,27-,28+/m1/s1. The molecule has 2 aromatic carbocycles. The van der Waals surface area contributed by atoms with Crippen LogP contribution in [-0.4, -0.2) is 43.8 Å². The summed E-state index contributed by atoms with van der Waals surface area (Å²) in [6.45, 7) is 4.00. The van der Waals surface area contributed by atoms with Crippen LogP contribution in [0, 0.1) is 0 Å². The van der Waals surface area contributed by atoms with E-state index in [4.69, 9.17) is 30.2 Å². The number of unbranched alkanes of at least 4 members (excludes halogenated alkanes) is 5. The summed E-state index contributed by atoms with van der Waals surface area (Å²) in [5, 5.41) is 3.58. The number of ether oxygens (including phenoxy) is 4. The summed E-state index contributed by atoms with van der Waals surface area (Å²) < 4.78 is 25.1. The van der Waals surface area contributed by atoms with Gasteiger partial charge in [0, 0.05) is 18.1 Å². The van der Waals surface area contributed by atoms with E-state index in [-0.39, 0.29) is 18.2 Å². The maximum Gasteiger partial charge on any atom is 0.186 e. The Morgan fingerprint density at radius 3 is 1.97 bits per heavy atom. The highest BCUT2D eigenvalue weighted by molar-refractivity contribution is 5.14. The zero-order valence-corrected chi connectivity index (χ0v) is 21.3. The minimum atomic E-state index is -0.548. The Hall–Kier alpha value is -2.45. The van der Waals surface area contributed by atoms with Crippen LogP contribution in [0.3, 0.4) is 0 Å². The van der Waals surface area contributed by atoms with Gasteiger partial charge in [0.1, 0.15) is 12.2 Å². The second-order valence-electron chi connectivity index (χ2n) is 9.26. The number of azide groups is 1. The fourth-order valence-corrected chi connectivity index (χ4v) is 4.30. The minimum absolute atomic E-state index is 0.219. The third-order valence-corrected chi connectivity index (χ3v) is 6.43. The highest BCUT2D eigenvalue weighted by atomic mass is 16.7. The van der Waals surface area contributed by atoms with Crippen molar-refractivity contribution in [3.8, 4) is 0 Å². The van der Waals surface area contributed by atoms with Gasteiger partial charge in [-0.3, -0.25) is 0 Å². The molecule has 5 atom stereocenters. The topological polar surface area (TPSA) is 112 Å². The molecule has 0 aromatic heterocycles. The summed E-state index contributed by atoms with van der Waals surface area (Å²) in [6, 6.07) is 19.8. The first-order valence-corrected chi connectivity index (χ1v) is 13.0. The summed E-state index contributed by atoms with van der Waals surface area (Å²) in [6.07, 6.45) is 4.73. The minimum Gasteiger partial charge on any atom is -0.369 e. The fraction of sp³-hybridized carbons (Fsp3) is 0.571. The molecule has 0 amide bonds. The van der Waals surface area contributed by atoms with E-state index in [0.29, 0.717) is 26.4 Å². The van der Waals surface area contributed by atoms with Crippen molar-refractivity contribution in [3.63, 3.8) is 0 Å². The zero-order valence-electron chi connectivity index (χ0n) is 21.3. The third-order valence-electron chi connectivity index (χ3n) is 6.43. The lowest BCUT2D eigenvalue weighted by Gasteiger charge is -2.44. The smallest absolute Gasteiger partial charge is 0.186 e. The van der Waals surface area contributed by atoms with Crippen molar-refractivity contribution in [2.75, 3.05) is 13.2 Å². The second kappa shape index (κ2) is 16.3. The highest BCUT2D eigenvalue weighted by Crippen LogP contribution is 2.27. The Morgan fingerprint density at radius 2 is 1.36 bits per heavy atom. The molecule has 8 nitrogen and oxygen atoms in total. The number of hydrogen-bond donors (Lipinski definition) is 1. The normalized spacial score (nSPS) is 23.8. The van der Waals surface area contributed by atoms with Gasteiger partial charge in [-0.2, -0.15) is 0 Å². The third kappa shape index (κ3) is 9.54. The summed E-state index contributed by atoms with van der Waals surface area (Å²) >= 11 is 0. The SMILES string of the molecule is C[C@H]1O[C@H](OCCCCCCCCN=[N+]=[N-])[C@H](OCc2ccccc2)[C@@H](OCc2ccccc2)[C@H]1N. The van der Waals surface area contributed by atoms with Crippen LogP contribution in [-0.2, 0) is 32.2 Å². The van der Waals surface area contributed by atoms with E-state index < -0.39 is 12.4 Å². The summed E-state index contributed by atoms with van der Waals surface area (Å²) in [5.74, 6) is 0. The van der Waals surface area contributed by atoms with E-state index in [1.165, 1.54) is 0 Å². The maximum atomic E-state index is 8.32. The van der Waals surface area contributed by atoms with Crippen LogP contribution in [0.4, 0.5) is 0 Å². The number of rotatable bonds is 16. The Kier molecular flexibility index (Phi) is 12.8. The lowest BCUT2D eigenvalue weighted by molar-refractivity contribution is -0.290. The first kappa shape index (κ1) is 28.1. The van der Waals surface area contributed by atoms with E-state index >= 15 is 0 Å². The van der Waals surface area contributed by atoms with Gasteiger partial charge in [0.05, 0.1) is 25.4 Å². The molecule has 2 aromatic rings. The summed E-state index contributed by atoms with van der Waals surface area (Å²) in [7, 11) is 0. The largest absolute Gasteiger partial charge is 0.369 e. The van der Waals surface area contributed by atoms with Crippen molar-refractivity contribution < 1.29 is 18.9 Å². The first-order chi connectivity index (χ1) is 17.7. The molecule has 0 radical (unpaired) electrons. The van der Waals surface area contributed by atoms with E-state index in [9.17, 15) is 0 Å². The van der Waals surface area contributed by atoms with E-state index in [1.54, 1.807) is 0 Å². The molecular weight excluding hydrogens is 456 g/mol. The molecule has 1 aliphatic rings. The van der Waals surface area contributed by atoms with Gasteiger partial charge in [-0.1, -0.05) is 91.5 Å². The summed E-state index contributed by atoms with van der Waals surface area (Å²) in [4.78, 5) is 2.79. The van der Waals surface area contributed by atoms with Crippen molar-refractivity contribution in [3.05, 3.63) is 82.2 Å². The van der Waals surface area contributed by atoms with Gasteiger partial charge in [0.15, 0.2) is 6.29 Å². The highest BCUT2D eigenvalue weighted by Gasteiger charge is 2.45. The van der Waals surface area contributed by atoms with Crippen LogP contribution in [0.25, 0.3) is 10.4 Å². The molecule has 3 rings (SSSR count). The lowest BCUT2D eigenvalue weighted by Crippen LogP contribution is -2.62. The van der Waals surface area contributed by atoms with Gasteiger partial charge in [0.2, 0.25) is 0 Å². The number of nitrogens with two attached hydrogens (primary N) is 1. The van der Waals surface area contributed by atoms with Crippen molar-refractivity contribution in [1.29, 1.82) is 0 Å². The first-order valence-electron chi connectivity index (χ1n) is 13.0. The molecule has 0 unspecified atom stereocenters. The quantitative estimate of drug-likeness (QED) is 0.135. The molecule has 0 saturated carbocycles. The van der Waals surface area contributed by atoms with Crippen molar-refractivity contribution in [1.82, 2.24) is 0 Å². The molecule has 1 fully saturated rings. The predicted molar refractivity (Wildman–Crippen MR) is 140 cm³/mol. The van der Waals surface area contributed by atoms with Crippen LogP contribution in [0.1, 0.15) is 56.6 Å². The van der Waals surface area contributed by atoms with Crippen molar-refractivity contribution in [2.45, 2.75) is 89.3 Å². The number of hydrogen-bond acceptors (Lipinski definition) is 6. The molecule has 2 N–H and O–H groups in total. The van der Waals surface area contributed by atoms with Gasteiger partial charge in [-0.25, -0.2) is 0 Å². The Labute approximate surface area is 214 Å². The maximum absolute atomic E-state index is 8.32. The summed E-state index contributed by atoms with van der Waals surface area (Å²) in [5.41, 5.74) is 17.0. The molecule has 8 heteroatoms. The zero-order chi connectivity index (χ0) is 25.4. The van der Waals surface area contributed by atoms with Crippen molar-refractivity contribution in [2.24, 2.45) is 10.8 Å². The monoisotopic (exact) mass is 496 g/mol. The molecule has 1 aliphatic heterocycles. The Balaban J connectivity index is 1.54. The van der Waals surface area contributed by atoms with Gasteiger partial charge in [-0.05, 0) is 36.4 Å². The van der Waals surface area contributed by atoms with E-state index in [2.05, 4.69) is 10.0 Å². The second-order valence-corrected chi connectivity index (χ2v) is 9.26. The fourth-order valence-electron chi connectivity index (χ4n) is 4.30. The van der Waals surface area contributed by atoms with Crippen LogP contribution < -0.4 is 5.73 Å². The van der Waals surface area contributed by atoms with E-state index in [1.807, 2.05) is 67.6 Å². The van der Waals surface area contributed by atoms with Crippen LogP contribution >= 0.6 is 0 Å². The van der Waals surface area contributed by atoms with Gasteiger partial charge in [0.25, 0.3) is 0 Å². The Morgan fingerprint density at radius 1 is 0.806 bits per heavy atom. The van der Waals surface area contributed by atoms with Gasteiger partial charge >= 0.3 is 0 Å². The van der Waals surface area contributed by atoms with Crippen LogP contribution in [0.2, 0.25) is 0 Å². The van der Waals surface area contributed by atoms with Gasteiger partial charge < -0.3 is 24.7 Å². The molecule has 196 valence electrons. The average Bonchev–Trinajstić information content (AvgIpc) is 2.91. The molecule has 0 bridgehead atoms. The predicted octanol–water partition coefficient (Wildman–Crippen LogP) is 5.90. The number of benzene rings is 2. The molecule has 36 heavy (non-hydrogen) atoms. The number of nitrogens with zero attached hydrogens (tertiary/aromatic N) is 3. The Bertz CT molecular complexity index is 895. The van der Waals surface area contributed by atoms with Gasteiger partial charge in [-0.15, -0.1) is 0 Å². The molecular formula is C28H40N4O4. The van der Waals surface area contributed by atoms with Crippen LogP contribution in [0.15, 0.2) is 65.8 Å². The molecule has 1 heterocycles. The molecule has 1 saturated heterocycles. The van der Waals surface area contributed by atoms with Crippen LogP contribution in [0.5, 0.6) is 0 Å².